The number of aliphatic hydroxyl groups is 1. The summed E-state index contributed by atoms with van der Waals surface area (Å²) in [6, 6.07) is 0. The van der Waals surface area contributed by atoms with Crippen LogP contribution in [0.4, 0.5) is 0 Å². The number of nitrogens with zero attached hydrogens (tertiary/aromatic N) is 5. The molecule has 0 saturated carbocycles. The summed E-state index contributed by atoms with van der Waals surface area (Å²) in [4.78, 5) is 7.22. The number of rotatable bonds is 0. The van der Waals surface area contributed by atoms with Gasteiger partial charge in [0.15, 0.2) is 5.84 Å². The van der Waals surface area contributed by atoms with Crippen molar-refractivity contribution in [2.24, 2.45) is 31.2 Å². The minimum Gasteiger partial charge on any atom is -0.381 e. The predicted molar refractivity (Wildman–Crippen MR) is 37.4 cm³/mol. The van der Waals surface area contributed by atoms with Gasteiger partial charge in [-0.15, -0.1) is 10.2 Å². The summed E-state index contributed by atoms with van der Waals surface area (Å²) in [7, 11) is 0. The maximum Gasteiger partial charge on any atom is 0.281 e. The van der Waals surface area contributed by atoms with Crippen molar-refractivity contribution < 1.29 is 5.11 Å². The lowest BCUT2D eigenvalue weighted by atomic mass is 10.2. The normalized spacial score (nSPS) is 33.2. The fourth-order valence-electron chi connectivity index (χ4n) is 0.774. The average Bonchev–Trinajstić information content (AvgIpc) is 2.34. The van der Waals surface area contributed by atoms with Gasteiger partial charge in [-0.2, -0.15) is 0 Å². The smallest absolute Gasteiger partial charge is 0.281 e. The quantitative estimate of drug-likeness (QED) is 0.457. The monoisotopic (exact) mass is 152 g/mol. The van der Waals surface area contributed by atoms with Crippen molar-refractivity contribution in [1.29, 1.82) is 0 Å². The van der Waals surface area contributed by atoms with Crippen molar-refractivity contribution in [3.8, 4) is 0 Å². The molecule has 2 aliphatic rings. The summed E-state index contributed by atoms with van der Waals surface area (Å²) in [6.07, 6.45) is 1.17. The molecule has 0 bridgehead atoms. The summed E-state index contributed by atoms with van der Waals surface area (Å²) in [5.74, 6) is -0.0509. The fourth-order valence-corrected chi connectivity index (χ4v) is 0.774. The van der Waals surface area contributed by atoms with Crippen LogP contribution in [0.1, 0.15) is 0 Å². The molecule has 0 saturated heterocycles. The molecule has 0 radical (unpaired) electrons. The molecule has 2 rings (SSSR count). The first kappa shape index (κ1) is 6.10. The highest BCUT2D eigenvalue weighted by molar-refractivity contribution is 6.17. The van der Waals surface area contributed by atoms with Crippen LogP contribution in [0.25, 0.3) is 0 Å². The van der Waals surface area contributed by atoms with Gasteiger partial charge < -0.3 is 10.8 Å². The second kappa shape index (κ2) is 1.70. The summed E-state index contributed by atoms with van der Waals surface area (Å²) in [5.41, 5.74) is 3.64. The third kappa shape index (κ3) is 0.622. The van der Waals surface area contributed by atoms with Crippen LogP contribution >= 0.6 is 0 Å². The van der Waals surface area contributed by atoms with Crippen LogP contribution in [0.2, 0.25) is 0 Å². The molecule has 0 aromatic heterocycles. The largest absolute Gasteiger partial charge is 0.381 e. The second-order valence-corrected chi connectivity index (χ2v) is 2.04. The lowest BCUT2D eigenvalue weighted by Crippen LogP contribution is -2.48. The Morgan fingerprint density at radius 1 is 1.55 bits per heavy atom. The van der Waals surface area contributed by atoms with Gasteiger partial charge in [0.05, 0.1) is 0 Å². The molecule has 1 atom stereocenters. The Morgan fingerprint density at radius 3 is 3.09 bits per heavy atom. The van der Waals surface area contributed by atoms with Gasteiger partial charge in [0.1, 0.15) is 6.34 Å². The first-order valence-electron chi connectivity index (χ1n) is 2.82. The molecule has 0 aliphatic carbocycles. The second-order valence-electron chi connectivity index (χ2n) is 2.04. The zero-order chi connectivity index (χ0) is 7.90. The maximum absolute atomic E-state index is 9.54. The number of hydrogen-bond donors (Lipinski definition) is 2. The van der Waals surface area contributed by atoms with E-state index in [0.29, 0.717) is 0 Å². The van der Waals surface area contributed by atoms with Gasteiger partial charge in [-0.3, -0.25) is 0 Å². The summed E-state index contributed by atoms with van der Waals surface area (Å²) >= 11 is 0. The van der Waals surface area contributed by atoms with E-state index in [9.17, 15) is 5.11 Å². The molecule has 7 nitrogen and oxygen atoms in total. The van der Waals surface area contributed by atoms with Crippen LogP contribution in [-0.4, -0.2) is 28.8 Å². The summed E-state index contributed by atoms with van der Waals surface area (Å²) in [6.45, 7) is 0. The molecule has 0 fully saturated rings. The van der Waals surface area contributed by atoms with E-state index in [-0.39, 0.29) is 11.7 Å². The Kier molecular flexibility index (Phi) is 0.941. The molecule has 11 heavy (non-hydrogen) atoms. The van der Waals surface area contributed by atoms with Crippen molar-refractivity contribution in [2.45, 2.75) is 5.72 Å². The molecule has 1 unspecified atom stereocenters. The highest BCUT2D eigenvalue weighted by Gasteiger charge is 2.42. The lowest BCUT2D eigenvalue weighted by molar-refractivity contribution is 0.191. The van der Waals surface area contributed by atoms with Gasteiger partial charge in [0.25, 0.3) is 5.72 Å². The number of fused-ring (bicyclic) bond motifs is 1. The van der Waals surface area contributed by atoms with Crippen molar-refractivity contribution in [2.75, 3.05) is 0 Å². The Morgan fingerprint density at radius 2 is 2.36 bits per heavy atom. The van der Waals surface area contributed by atoms with Crippen LogP contribution in [0.15, 0.2) is 25.4 Å². The van der Waals surface area contributed by atoms with E-state index < -0.39 is 5.72 Å². The van der Waals surface area contributed by atoms with Crippen molar-refractivity contribution in [3.63, 3.8) is 0 Å². The molecular weight excluding hydrogens is 148 g/mol. The van der Waals surface area contributed by atoms with Gasteiger partial charge in [-0.1, -0.05) is 0 Å². The third-order valence-electron chi connectivity index (χ3n) is 1.39. The standard InChI is InChI=1S/C4H4N6O/c5-2-4(11)3(6-1-7-4)9-10-8-2/h1,11H,(H2,5,6,7,8,9). The summed E-state index contributed by atoms with van der Waals surface area (Å²) < 4.78 is 0. The first-order valence-corrected chi connectivity index (χ1v) is 2.82. The Bertz CT molecular complexity index is 315. The molecular formula is C4H4N6O. The Hall–Kier alpha value is -1.63. The van der Waals surface area contributed by atoms with E-state index in [2.05, 4.69) is 25.4 Å². The Labute approximate surface area is 61.1 Å². The van der Waals surface area contributed by atoms with E-state index >= 15 is 0 Å². The van der Waals surface area contributed by atoms with Crippen LogP contribution in [-0.2, 0) is 0 Å². The minimum atomic E-state index is -1.66. The van der Waals surface area contributed by atoms with Gasteiger partial charge in [0.2, 0.25) is 5.84 Å². The molecule has 0 aromatic rings. The number of amidine groups is 2. The molecule has 3 N–H and O–H groups in total. The van der Waals surface area contributed by atoms with Crippen molar-refractivity contribution in [3.05, 3.63) is 0 Å². The average molecular weight is 152 g/mol. The fraction of sp³-hybridized carbons (Fsp3) is 0.250. The molecule has 0 amide bonds. The van der Waals surface area contributed by atoms with Crippen LogP contribution in [0, 0.1) is 0 Å². The van der Waals surface area contributed by atoms with Crippen molar-refractivity contribution in [1.82, 2.24) is 0 Å². The molecule has 0 spiro atoms. The SMILES string of the molecule is NC1=NN=NC2=NC=NC12O. The van der Waals surface area contributed by atoms with Crippen molar-refractivity contribution >= 4 is 18.0 Å². The van der Waals surface area contributed by atoms with Gasteiger partial charge in [0, 0.05) is 0 Å². The van der Waals surface area contributed by atoms with E-state index in [4.69, 9.17) is 5.73 Å². The van der Waals surface area contributed by atoms with Crippen LogP contribution < -0.4 is 5.73 Å². The van der Waals surface area contributed by atoms with Gasteiger partial charge >= 0.3 is 0 Å². The molecule has 7 heteroatoms. The zero-order valence-electron chi connectivity index (χ0n) is 5.34. The van der Waals surface area contributed by atoms with E-state index in [1.165, 1.54) is 6.34 Å². The van der Waals surface area contributed by atoms with Gasteiger partial charge in [-0.05, 0) is 5.22 Å². The first-order chi connectivity index (χ1) is 5.23. The molecule has 0 aromatic carbocycles. The van der Waals surface area contributed by atoms with Gasteiger partial charge in [-0.25, -0.2) is 9.98 Å². The van der Waals surface area contributed by atoms with Crippen LogP contribution in [0.3, 0.4) is 0 Å². The predicted octanol–water partition coefficient (Wildman–Crippen LogP) is -1.15. The highest BCUT2D eigenvalue weighted by Crippen LogP contribution is 2.18. The number of aliphatic imine (C=N–C) groups is 2. The number of hydrogen-bond acceptors (Lipinski definition) is 7. The highest BCUT2D eigenvalue weighted by atomic mass is 16.3. The van der Waals surface area contributed by atoms with E-state index in [0.717, 1.165) is 0 Å². The van der Waals surface area contributed by atoms with Crippen LogP contribution in [0.5, 0.6) is 0 Å². The lowest BCUT2D eigenvalue weighted by Gasteiger charge is -2.18. The molecule has 2 heterocycles. The maximum atomic E-state index is 9.54. The topological polar surface area (TPSA) is 108 Å². The Balaban J connectivity index is 2.56. The third-order valence-corrected chi connectivity index (χ3v) is 1.39. The molecule has 2 aliphatic heterocycles. The minimum absolute atomic E-state index is 0.0602. The number of nitrogens with two attached hydrogens (primary N) is 1. The zero-order valence-corrected chi connectivity index (χ0v) is 5.34. The van der Waals surface area contributed by atoms with E-state index in [1.54, 1.807) is 0 Å². The van der Waals surface area contributed by atoms with E-state index in [1.807, 2.05) is 0 Å². The summed E-state index contributed by atoms with van der Waals surface area (Å²) in [5, 5.41) is 19.6. The molecule has 56 valence electrons.